The summed E-state index contributed by atoms with van der Waals surface area (Å²) in [5, 5.41) is 11.6. The van der Waals surface area contributed by atoms with Gasteiger partial charge in [-0.1, -0.05) is 23.2 Å². The highest BCUT2D eigenvalue weighted by Gasteiger charge is 2.23. The summed E-state index contributed by atoms with van der Waals surface area (Å²) in [6.45, 7) is 1.33. The second-order valence-corrected chi connectivity index (χ2v) is 6.40. The van der Waals surface area contributed by atoms with Gasteiger partial charge < -0.3 is 14.6 Å². The zero-order valence-corrected chi connectivity index (χ0v) is 13.7. The Bertz CT molecular complexity index is 866. The number of rotatable bonds is 2. The van der Waals surface area contributed by atoms with Crippen LogP contribution in [0, 0.1) is 0 Å². The molecule has 1 fully saturated rings. The lowest BCUT2D eigenvalue weighted by molar-refractivity contribution is 0.198. The van der Waals surface area contributed by atoms with Crippen LogP contribution in [0.5, 0.6) is 0 Å². The molecule has 2 aromatic heterocycles. The number of anilines is 1. The second kappa shape index (κ2) is 5.67. The Labute approximate surface area is 143 Å². The number of pyridine rings is 1. The minimum absolute atomic E-state index is 0.320. The van der Waals surface area contributed by atoms with Crippen LogP contribution in [-0.4, -0.2) is 38.8 Å². The lowest BCUT2D eigenvalue weighted by Gasteiger charge is -2.19. The molecule has 118 valence electrons. The van der Waals surface area contributed by atoms with Crippen LogP contribution in [0.25, 0.3) is 16.6 Å². The van der Waals surface area contributed by atoms with E-state index in [0.717, 1.165) is 29.9 Å². The Morgan fingerprint density at radius 1 is 1.26 bits per heavy atom. The maximum Gasteiger partial charge on any atom is 0.131 e. The number of fused-ring (bicyclic) bond motifs is 1. The Kier molecular flexibility index (Phi) is 3.64. The van der Waals surface area contributed by atoms with Crippen LogP contribution in [0.3, 0.4) is 0 Å². The first-order valence-electron chi connectivity index (χ1n) is 7.33. The van der Waals surface area contributed by atoms with Gasteiger partial charge in [-0.15, -0.1) is 0 Å². The monoisotopic (exact) mass is 348 g/mol. The predicted molar refractivity (Wildman–Crippen MR) is 91.7 cm³/mol. The van der Waals surface area contributed by atoms with E-state index in [0.29, 0.717) is 22.1 Å². The highest BCUT2D eigenvalue weighted by Crippen LogP contribution is 2.35. The van der Waals surface area contributed by atoms with Crippen molar-refractivity contribution in [3.63, 3.8) is 0 Å². The number of aromatic nitrogens is 3. The average Bonchev–Trinajstić information content (AvgIpc) is 3.21. The molecule has 1 atom stereocenters. The van der Waals surface area contributed by atoms with Gasteiger partial charge in [0.1, 0.15) is 5.82 Å². The minimum atomic E-state index is -0.320. The lowest BCUT2D eigenvalue weighted by atomic mass is 10.1. The number of aliphatic hydroxyl groups excluding tert-OH is 1. The quantitative estimate of drug-likeness (QED) is 0.771. The summed E-state index contributed by atoms with van der Waals surface area (Å²) in [4.78, 5) is 10.9. The van der Waals surface area contributed by atoms with E-state index in [4.69, 9.17) is 23.2 Å². The third-order valence-corrected chi connectivity index (χ3v) is 4.90. The van der Waals surface area contributed by atoms with E-state index in [-0.39, 0.29) is 6.10 Å². The van der Waals surface area contributed by atoms with Gasteiger partial charge in [-0.2, -0.15) is 0 Å². The predicted octanol–water partition coefficient (Wildman–Crippen LogP) is 3.30. The van der Waals surface area contributed by atoms with Crippen molar-refractivity contribution < 1.29 is 5.11 Å². The number of benzene rings is 1. The first-order chi connectivity index (χ1) is 11.1. The fourth-order valence-corrected chi connectivity index (χ4v) is 3.29. The zero-order chi connectivity index (χ0) is 16.0. The Morgan fingerprint density at radius 3 is 2.83 bits per heavy atom. The van der Waals surface area contributed by atoms with Crippen molar-refractivity contribution in [3.8, 4) is 5.69 Å². The van der Waals surface area contributed by atoms with Crippen LogP contribution in [-0.2, 0) is 0 Å². The molecular formula is C16H14Cl2N4O. The van der Waals surface area contributed by atoms with Crippen LogP contribution in [0.15, 0.2) is 36.9 Å². The van der Waals surface area contributed by atoms with Crippen LogP contribution in [0.4, 0.5) is 5.82 Å². The molecule has 1 aliphatic rings. The molecule has 0 aliphatic carbocycles. The van der Waals surface area contributed by atoms with Crippen molar-refractivity contribution in [2.24, 2.45) is 0 Å². The number of halogens is 2. The van der Waals surface area contributed by atoms with Crippen molar-refractivity contribution >= 4 is 39.9 Å². The summed E-state index contributed by atoms with van der Waals surface area (Å²) in [6, 6.07) is 5.67. The molecular weight excluding hydrogens is 335 g/mol. The Morgan fingerprint density at radius 2 is 2.13 bits per heavy atom. The molecule has 0 saturated carbocycles. The molecule has 0 unspecified atom stereocenters. The van der Waals surface area contributed by atoms with Gasteiger partial charge in [-0.05, 0) is 18.6 Å². The molecule has 4 rings (SSSR count). The van der Waals surface area contributed by atoms with Gasteiger partial charge in [0.2, 0.25) is 0 Å². The SMILES string of the molecule is O[C@@H]1CCN(c2cc(-n3ccnc3)c3ccc(Cl)c(Cl)c3n2)C1. The summed E-state index contributed by atoms with van der Waals surface area (Å²) in [7, 11) is 0. The molecule has 5 nitrogen and oxygen atoms in total. The maximum atomic E-state index is 9.79. The number of hydrogen-bond acceptors (Lipinski definition) is 4. The number of nitrogens with zero attached hydrogens (tertiary/aromatic N) is 4. The fourth-order valence-electron chi connectivity index (χ4n) is 2.93. The van der Waals surface area contributed by atoms with Crippen molar-refractivity contribution in [1.82, 2.24) is 14.5 Å². The average molecular weight is 349 g/mol. The van der Waals surface area contributed by atoms with Gasteiger partial charge in [0.15, 0.2) is 0 Å². The van der Waals surface area contributed by atoms with Crippen LogP contribution < -0.4 is 4.90 Å². The molecule has 1 saturated heterocycles. The summed E-state index contributed by atoms with van der Waals surface area (Å²) in [6.07, 6.45) is 5.76. The van der Waals surface area contributed by atoms with Crippen molar-refractivity contribution in [2.75, 3.05) is 18.0 Å². The highest BCUT2D eigenvalue weighted by atomic mass is 35.5. The molecule has 1 aliphatic heterocycles. The van der Waals surface area contributed by atoms with E-state index in [1.165, 1.54) is 0 Å². The van der Waals surface area contributed by atoms with Gasteiger partial charge in [0.05, 0.1) is 33.7 Å². The summed E-state index contributed by atoms with van der Waals surface area (Å²) >= 11 is 12.5. The maximum absolute atomic E-state index is 9.79. The third kappa shape index (κ3) is 2.55. The van der Waals surface area contributed by atoms with Gasteiger partial charge in [-0.3, -0.25) is 0 Å². The van der Waals surface area contributed by atoms with Crippen molar-refractivity contribution in [2.45, 2.75) is 12.5 Å². The molecule has 1 N–H and O–H groups in total. The van der Waals surface area contributed by atoms with Crippen molar-refractivity contribution in [1.29, 1.82) is 0 Å². The number of hydrogen-bond donors (Lipinski definition) is 1. The van der Waals surface area contributed by atoms with E-state index in [1.807, 2.05) is 22.9 Å². The largest absolute Gasteiger partial charge is 0.391 e. The molecule has 0 bridgehead atoms. The van der Waals surface area contributed by atoms with E-state index < -0.39 is 0 Å². The normalized spacial score (nSPS) is 18.0. The van der Waals surface area contributed by atoms with E-state index in [2.05, 4.69) is 14.9 Å². The third-order valence-electron chi connectivity index (χ3n) is 4.11. The van der Waals surface area contributed by atoms with E-state index in [9.17, 15) is 5.11 Å². The van der Waals surface area contributed by atoms with Gasteiger partial charge >= 0.3 is 0 Å². The summed E-state index contributed by atoms with van der Waals surface area (Å²) in [5.74, 6) is 0.780. The Hall–Kier alpha value is -1.82. The Balaban J connectivity index is 1.96. The smallest absolute Gasteiger partial charge is 0.131 e. The van der Waals surface area contributed by atoms with Gasteiger partial charge in [0.25, 0.3) is 0 Å². The van der Waals surface area contributed by atoms with Crippen LogP contribution >= 0.6 is 23.2 Å². The topological polar surface area (TPSA) is 54.2 Å². The molecule has 0 radical (unpaired) electrons. The number of β-amino-alcohol motifs (C(OH)–C–C–N with tert-alkyl or cyclic N) is 1. The minimum Gasteiger partial charge on any atom is -0.391 e. The highest BCUT2D eigenvalue weighted by molar-refractivity contribution is 6.45. The van der Waals surface area contributed by atoms with Gasteiger partial charge in [-0.25, -0.2) is 9.97 Å². The second-order valence-electron chi connectivity index (χ2n) is 5.62. The molecule has 23 heavy (non-hydrogen) atoms. The summed E-state index contributed by atoms with van der Waals surface area (Å²) < 4.78 is 1.92. The molecule has 3 aromatic rings. The van der Waals surface area contributed by atoms with E-state index in [1.54, 1.807) is 18.6 Å². The van der Waals surface area contributed by atoms with Crippen LogP contribution in [0.1, 0.15) is 6.42 Å². The number of imidazole rings is 1. The first-order valence-corrected chi connectivity index (χ1v) is 8.09. The first kappa shape index (κ1) is 14.8. The number of aliphatic hydroxyl groups is 1. The van der Waals surface area contributed by atoms with Gasteiger partial charge in [0, 0.05) is 36.9 Å². The molecule has 3 heterocycles. The molecule has 0 spiro atoms. The molecule has 0 amide bonds. The summed E-state index contributed by atoms with van der Waals surface area (Å²) in [5.41, 5.74) is 1.59. The molecule has 1 aromatic carbocycles. The lowest BCUT2D eigenvalue weighted by Crippen LogP contribution is -2.22. The zero-order valence-electron chi connectivity index (χ0n) is 12.2. The molecule has 7 heteroatoms. The standard InChI is InChI=1S/C16H14Cl2N4O/c17-12-2-1-11-13(22-6-4-19-9-22)7-14(20-16(11)15(12)18)21-5-3-10(23)8-21/h1-2,4,6-7,9-10,23H,3,5,8H2/t10-/m1/s1. The fraction of sp³-hybridized carbons (Fsp3) is 0.250. The van der Waals surface area contributed by atoms with Crippen molar-refractivity contribution in [3.05, 3.63) is 47.0 Å². The van der Waals surface area contributed by atoms with Crippen LogP contribution in [0.2, 0.25) is 10.0 Å². The van der Waals surface area contributed by atoms with E-state index >= 15 is 0 Å².